The van der Waals surface area contributed by atoms with Crippen molar-refractivity contribution in [2.24, 2.45) is 0 Å². The lowest BCUT2D eigenvalue weighted by Crippen LogP contribution is -2.14. The quantitative estimate of drug-likeness (QED) is 0.667. The fourth-order valence-electron chi connectivity index (χ4n) is 2.82. The number of alkyl halides is 3. The summed E-state index contributed by atoms with van der Waals surface area (Å²) in [4.78, 5) is 12.7. The molecule has 1 N–H and O–H groups in total. The Hall–Kier alpha value is -3.49. The van der Waals surface area contributed by atoms with Gasteiger partial charge in [0.15, 0.2) is 0 Å². The summed E-state index contributed by atoms with van der Waals surface area (Å²) < 4.78 is 50.4. The van der Waals surface area contributed by atoms with Crippen LogP contribution in [0.2, 0.25) is 0 Å². The molecule has 0 fully saturated rings. The van der Waals surface area contributed by atoms with Gasteiger partial charge in [-0.15, -0.1) is 0 Å². The highest BCUT2D eigenvalue weighted by Gasteiger charge is 2.30. The smallest absolute Gasteiger partial charge is 0.416 e. The summed E-state index contributed by atoms with van der Waals surface area (Å²) in [6.45, 7) is 0.123. The van der Waals surface area contributed by atoms with E-state index in [0.717, 1.165) is 12.1 Å². The van der Waals surface area contributed by atoms with E-state index in [1.54, 1.807) is 24.3 Å². The average Bonchev–Trinajstić information content (AvgIpc) is 3.13. The molecule has 2 aromatic carbocycles. The summed E-state index contributed by atoms with van der Waals surface area (Å²) >= 11 is 0. The van der Waals surface area contributed by atoms with Gasteiger partial charge in [0.05, 0.1) is 38.2 Å². The van der Waals surface area contributed by atoms with E-state index in [2.05, 4.69) is 10.4 Å². The first-order valence-corrected chi connectivity index (χ1v) is 8.52. The zero-order valence-electron chi connectivity index (χ0n) is 15.7. The van der Waals surface area contributed by atoms with Crippen LogP contribution in [0, 0.1) is 0 Å². The number of halogens is 3. The van der Waals surface area contributed by atoms with Crippen molar-refractivity contribution in [1.82, 2.24) is 9.78 Å². The zero-order valence-corrected chi connectivity index (χ0v) is 15.7. The monoisotopic (exact) mass is 405 g/mol. The molecule has 0 aliphatic rings. The van der Waals surface area contributed by atoms with Crippen LogP contribution in [-0.2, 0) is 12.7 Å². The number of carbonyl (C=O) groups excluding carboxylic acids is 1. The van der Waals surface area contributed by atoms with Crippen molar-refractivity contribution in [3.8, 4) is 11.5 Å². The molecule has 152 valence electrons. The second-order valence-electron chi connectivity index (χ2n) is 6.12. The number of nitrogens with zero attached hydrogens (tertiary/aromatic N) is 2. The molecule has 9 heteroatoms. The SMILES string of the molecule is COc1cccc(OC)c1C(=O)Nc1cnn(Cc2cccc(C(F)(F)F)c2)c1. The van der Waals surface area contributed by atoms with E-state index in [-0.39, 0.29) is 12.1 Å². The molecule has 0 atom stereocenters. The molecule has 6 nitrogen and oxygen atoms in total. The van der Waals surface area contributed by atoms with E-state index in [1.165, 1.54) is 37.4 Å². The van der Waals surface area contributed by atoms with Gasteiger partial charge >= 0.3 is 6.18 Å². The first kappa shape index (κ1) is 20.2. The molecule has 3 rings (SSSR count). The summed E-state index contributed by atoms with van der Waals surface area (Å²) in [6, 6.07) is 9.97. The highest BCUT2D eigenvalue weighted by atomic mass is 19.4. The molecule has 1 heterocycles. The van der Waals surface area contributed by atoms with Gasteiger partial charge in [0.25, 0.3) is 5.91 Å². The Morgan fingerprint density at radius 3 is 2.38 bits per heavy atom. The molecule has 1 amide bonds. The van der Waals surface area contributed by atoms with Crippen LogP contribution in [0.15, 0.2) is 54.9 Å². The molecular weight excluding hydrogens is 387 g/mol. The van der Waals surface area contributed by atoms with Crippen LogP contribution in [-0.4, -0.2) is 29.9 Å². The number of anilines is 1. The highest BCUT2D eigenvalue weighted by molar-refractivity contribution is 6.08. The normalized spacial score (nSPS) is 11.2. The van der Waals surface area contributed by atoms with E-state index in [1.807, 2.05) is 0 Å². The number of nitrogens with one attached hydrogen (secondary N) is 1. The van der Waals surface area contributed by atoms with Crippen LogP contribution >= 0.6 is 0 Å². The molecule has 0 bridgehead atoms. The van der Waals surface area contributed by atoms with Crippen molar-refractivity contribution >= 4 is 11.6 Å². The third-order valence-corrected chi connectivity index (χ3v) is 4.14. The van der Waals surface area contributed by atoms with Gasteiger partial charge in [-0.1, -0.05) is 18.2 Å². The number of aromatic nitrogens is 2. The number of rotatable bonds is 6. The summed E-state index contributed by atoms with van der Waals surface area (Å²) in [7, 11) is 2.89. The molecule has 29 heavy (non-hydrogen) atoms. The number of ether oxygens (including phenoxy) is 2. The third-order valence-electron chi connectivity index (χ3n) is 4.14. The van der Waals surface area contributed by atoms with Gasteiger partial charge in [-0.3, -0.25) is 9.48 Å². The van der Waals surface area contributed by atoms with Crippen LogP contribution in [0.5, 0.6) is 11.5 Å². The van der Waals surface area contributed by atoms with Gasteiger partial charge < -0.3 is 14.8 Å². The van der Waals surface area contributed by atoms with Gasteiger partial charge in [-0.25, -0.2) is 0 Å². The predicted molar refractivity (Wildman–Crippen MR) is 100 cm³/mol. The maximum Gasteiger partial charge on any atom is 0.416 e. The van der Waals surface area contributed by atoms with Gasteiger partial charge in [0.1, 0.15) is 17.1 Å². The second-order valence-corrected chi connectivity index (χ2v) is 6.12. The molecule has 3 aromatic rings. The van der Waals surface area contributed by atoms with Crippen molar-refractivity contribution in [3.05, 3.63) is 71.5 Å². The molecule has 0 radical (unpaired) electrons. The fraction of sp³-hybridized carbons (Fsp3) is 0.200. The fourth-order valence-corrected chi connectivity index (χ4v) is 2.82. The number of hydrogen-bond acceptors (Lipinski definition) is 4. The minimum absolute atomic E-state index is 0.123. The molecular formula is C20H18F3N3O3. The van der Waals surface area contributed by atoms with Crippen LogP contribution in [0.4, 0.5) is 18.9 Å². The Kier molecular flexibility index (Phi) is 5.76. The average molecular weight is 405 g/mol. The molecule has 0 aliphatic heterocycles. The number of hydrogen-bond donors (Lipinski definition) is 1. The number of benzene rings is 2. The van der Waals surface area contributed by atoms with Crippen LogP contribution in [0.25, 0.3) is 0 Å². The van der Waals surface area contributed by atoms with Crippen molar-refractivity contribution in [2.45, 2.75) is 12.7 Å². The van der Waals surface area contributed by atoms with Crippen molar-refractivity contribution in [3.63, 3.8) is 0 Å². The summed E-state index contributed by atoms with van der Waals surface area (Å²) in [5, 5.41) is 6.78. The lowest BCUT2D eigenvalue weighted by atomic mass is 10.1. The third kappa shape index (κ3) is 4.68. The zero-order chi connectivity index (χ0) is 21.0. The second kappa shape index (κ2) is 8.26. The summed E-state index contributed by atoms with van der Waals surface area (Å²) in [5.41, 5.74) is 0.323. The Morgan fingerprint density at radius 1 is 1.10 bits per heavy atom. The first-order chi connectivity index (χ1) is 13.8. The van der Waals surface area contributed by atoms with Gasteiger partial charge in [0.2, 0.25) is 0 Å². The maximum absolute atomic E-state index is 12.8. The molecule has 0 spiro atoms. The van der Waals surface area contributed by atoms with Crippen molar-refractivity contribution in [1.29, 1.82) is 0 Å². The molecule has 0 unspecified atom stereocenters. The van der Waals surface area contributed by atoms with E-state index in [0.29, 0.717) is 22.7 Å². The minimum atomic E-state index is -4.41. The lowest BCUT2D eigenvalue weighted by Gasteiger charge is -2.12. The first-order valence-electron chi connectivity index (χ1n) is 8.52. The predicted octanol–water partition coefficient (Wildman–Crippen LogP) is 4.22. The largest absolute Gasteiger partial charge is 0.496 e. The number of amides is 1. The summed E-state index contributed by atoms with van der Waals surface area (Å²) in [6.07, 6.45) is -1.47. The number of carbonyl (C=O) groups is 1. The number of methoxy groups -OCH3 is 2. The maximum atomic E-state index is 12.8. The van der Waals surface area contributed by atoms with Gasteiger partial charge in [-0.2, -0.15) is 18.3 Å². The molecule has 0 saturated carbocycles. The topological polar surface area (TPSA) is 65.4 Å². The Morgan fingerprint density at radius 2 is 1.76 bits per heavy atom. The Bertz CT molecular complexity index is 993. The van der Waals surface area contributed by atoms with Crippen LogP contribution in [0.1, 0.15) is 21.5 Å². The molecule has 0 saturated heterocycles. The molecule has 1 aromatic heterocycles. The standard InChI is InChI=1S/C20H18F3N3O3/c1-28-16-7-4-8-17(29-2)18(16)19(27)25-15-10-24-26(12-15)11-13-5-3-6-14(9-13)20(21,22)23/h3-10,12H,11H2,1-2H3,(H,25,27). The van der Waals surface area contributed by atoms with Gasteiger partial charge in [-0.05, 0) is 29.8 Å². The van der Waals surface area contributed by atoms with E-state index in [9.17, 15) is 18.0 Å². The van der Waals surface area contributed by atoms with E-state index < -0.39 is 17.6 Å². The van der Waals surface area contributed by atoms with Crippen molar-refractivity contribution < 1.29 is 27.4 Å². The Balaban J connectivity index is 1.76. The van der Waals surface area contributed by atoms with Crippen molar-refractivity contribution in [2.75, 3.05) is 19.5 Å². The molecule has 0 aliphatic carbocycles. The van der Waals surface area contributed by atoms with Gasteiger partial charge in [0, 0.05) is 6.20 Å². The summed E-state index contributed by atoms with van der Waals surface area (Å²) in [5.74, 6) is 0.231. The highest BCUT2D eigenvalue weighted by Crippen LogP contribution is 2.30. The van der Waals surface area contributed by atoms with E-state index in [4.69, 9.17) is 9.47 Å². The van der Waals surface area contributed by atoms with E-state index >= 15 is 0 Å². The van der Waals surface area contributed by atoms with Crippen LogP contribution in [0.3, 0.4) is 0 Å². The minimum Gasteiger partial charge on any atom is -0.496 e. The van der Waals surface area contributed by atoms with Crippen LogP contribution < -0.4 is 14.8 Å². The lowest BCUT2D eigenvalue weighted by molar-refractivity contribution is -0.137. The Labute approximate surface area is 164 Å².